The number of hydrogen-bond acceptors (Lipinski definition) is 1. The molecule has 0 spiro atoms. The summed E-state index contributed by atoms with van der Waals surface area (Å²) in [5, 5.41) is 0. The average molecular weight is 212 g/mol. The fraction of sp³-hybridized carbons (Fsp3) is 0.133. The molecule has 1 rings (SSSR count). The Balaban J connectivity index is 0.000000385. The minimum absolute atomic E-state index is 0.0776. The number of carbonyl (C=O) groups excluding carboxylic acids is 1. The fourth-order valence-electron chi connectivity index (χ4n) is 0.778. The van der Waals surface area contributed by atoms with Crippen LogP contribution in [0, 0.1) is 12.3 Å². The lowest BCUT2D eigenvalue weighted by Gasteiger charge is -1.88. The van der Waals surface area contributed by atoms with Crippen LogP contribution in [0.3, 0.4) is 0 Å². The highest BCUT2D eigenvalue weighted by molar-refractivity contribution is 5.91. The third-order valence-corrected chi connectivity index (χ3v) is 1.56. The highest BCUT2D eigenvalue weighted by Crippen LogP contribution is 2.00. The maximum atomic E-state index is 10.5. The molecule has 0 heterocycles. The monoisotopic (exact) mass is 212 g/mol. The highest BCUT2D eigenvalue weighted by Gasteiger charge is 1.83. The van der Waals surface area contributed by atoms with Gasteiger partial charge in [0.05, 0.1) is 0 Å². The molecule has 0 amide bonds. The van der Waals surface area contributed by atoms with Gasteiger partial charge in [0.25, 0.3) is 0 Å². The van der Waals surface area contributed by atoms with Crippen molar-refractivity contribution in [1.82, 2.24) is 0 Å². The Morgan fingerprint density at radius 2 is 1.81 bits per heavy atom. The van der Waals surface area contributed by atoms with Crippen LogP contribution in [-0.2, 0) is 4.79 Å². The van der Waals surface area contributed by atoms with Crippen molar-refractivity contribution >= 4 is 11.9 Å². The summed E-state index contributed by atoms with van der Waals surface area (Å²) in [6.45, 7) is 6.77. The van der Waals surface area contributed by atoms with Gasteiger partial charge in [-0.2, -0.15) is 0 Å². The molecular weight excluding hydrogens is 196 g/mol. The smallest absolute Gasteiger partial charge is 0.152 e. The second-order valence-corrected chi connectivity index (χ2v) is 3.28. The van der Waals surface area contributed by atoms with E-state index < -0.39 is 0 Å². The van der Waals surface area contributed by atoms with Crippen molar-refractivity contribution in [3.8, 4) is 12.3 Å². The first kappa shape index (κ1) is 13.9. The Hall–Kier alpha value is -2.07. The van der Waals surface area contributed by atoms with Crippen LogP contribution in [0.2, 0.25) is 0 Å². The highest BCUT2D eigenvalue weighted by atomic mass is 16.1. The molecule has 1 nitrogen and oxygen atoms in total. The molecule has 0 atom stereocenters. The summed E-state index contributed by atoms with van der Waals surface area (Å²) in [6, 6.07) is 9.75. The third-order valence-electron chi connectivity index (χ3n) is 1.56. The van der Waals surface area contributed by atoms with E-state index in [9.17, 15) is 4.79 Å². The summed E-state index contributed by atoms with van der Waals surface area (Å²) in [6.07, 6.45) is 8.19. The normalized spacial score (nSPS) is 8.81. The van der Waals surface area contributed by atoms with Crippen molar-refractivity contribution in [2.45, 2.75) is 13.8 Å². The van der Waals surface area contributed by atoms with Crippen molar-refractivity contribution in [2.75, 3.05) is 0 Å². The van der Waals surface area contributed by atoms with Crippen LogP contribution in [0.1, 0.15) is 19.4 Å². The first-order chi connectivity index (χ1) is 7.56. The summed E-state index contributed by atoms with van der Waals surface area (Å²) in [4.78, 5) is 10.5. The van der Waals surface area contributed by atoms with E-state index in [1.54, 1.807) is 19.9 Å². The summed E-state index contributed by atoms with van der Waals surface area (Å²) in [5.41, 5.74) is 1.84. The van der Waals surface area contributed by atoms with Gasteiger partial charge in [0, 0.05) is 0 Å². The van der Waals surface area contributed by atoms with Crippen LogP contribution in [0.25, 0.3) is 6.08 Å². The van der Waals surface area contributed by atoms with Crippen LogP contribution >= 0.6 is 0 Å². The number of terminal acetylenes is 1. The molecule has 82 valence electrons. The number of ketones is 1. The lowest BCUT2D eigenvalue weighted by atomic mass is 10.2. The molecule has 0 aliphatic carbocycles. The van der Waals surface area contributed by atoms with Gasteiger partial charge in [0.1, 0.15) is 0 Å². The molecule has 0 N–H and O–H groups in total. The Labute approximate surface area is 97.5 Å². The first-order valence-electron chi connectivity index (χ1n) is 4.92. The van der Waals surface area contributed by atoms with Crippen LogP contribution in [0.15, 0.2) is 48.6 Å². The lowest BCUT2D eigenvalue weighted by molar-refractivity contribution is -0.112. The fourth-order valence-corrected chi connectivity index (χ4v) is 0.778. The maximum Gasteiger partial charge on any atom is 0.152 e. The first-order valence-corrected chi connectivity index (χ1v) is 4.92. The standard InChI is InChI=1S/C10H10O.C5H6/c1-9(11)7-8-10-5-3-2-4-6-10;1-4-5(2)3/h2-8H,1H3;1H,2H2,3H3. The van der Waals surface area contributed by atoms with Crippen LogP contribution in [-0.4, -0.2) is 5.78 Å². The predicted molar refractivity (Wildman–Crippen MR) is 69.8 cm³/mol. The number of carbonyl (C=O) groups is 1. The molecule has 0 saturated heterocycles. The maximum absolute atomic E-state index is 10.5. The average Bonchev–Trinajstić information content (AvgIpc) is 2.28. The predicted octanol–water partition coefficient (Wildman–Crippen LogP) is 3.48. The van der Waals surface area contributed by atoms with E-state index in [2.05, 4.69) is 12.5 Å². The quantitative estimate of drug-likeness (QED) is 0.542. The van der Waals surface area contributed by atoms with Gasteiger partial charge < -0.3 is 0 Å². The zero-order valence-corrected chi connectivity index (χ0v) is 9.73. The third kappa shape index (κ3) is 8.52. The van der Waals surface area contributed by atoms with Gasteiger partial charge in [-0.25, -0.2) is 0 Å². The zero-order chi connectivity index (χ0) is 12.4. The van der Waals surface area contributed by atoms with Crippen LogP contribution in [0.4, 0.5) is 0 Å². The lowest BCUT2D eigenvalue weighted by Crippen LogP contribution is -1.79. The van der Waals surface area contributed by atoms with Gasteiger partial charge >= 0.3 is 0 Å². The van der Waals surface area contributed by atoms with E-state index in [-0.39, 0.29) is 5.78 Å². The molecule has 1 aromatic rings. The van der Waals surface area contributed by atoms with Gasteiger partial charge in [-0.05, 0) is 31.1 Å². The molecule has 1 aromatic carbocycles. The van der Waals surface area contributed by atoms with Crippen molar-refractivity contribution in [3.05, 3.63) is 54.1 Å². The number of allylic oxidation sites excluding steroid dienone is 2. The van der Waals surface area contributed by atoms with Gasteiger partial charge in [-0.3, -0.25) is 4.79 Å². The van der Waals surface area contributed by atoms with E-state index in [1.807, 2.05) is 36.4 Å². The van der Waals surface area contributed by atoms with Crippen LogP contribution in [0.5, 0.6) is 0 Å². The molecule has 0 radical (unpaired) electrons. The molecule has 0 unspecified atom stereocenters. The van der Waals surface area contributed by atoms with E-state index in [0.29, 0.717) is 0 Å². The molecule has 0 aliphatic rings. The van der Waals surface area contributed by atoms with Crippen molar-refractivity contribution in [2.24, 2.45) is 0 Å². The zero-order valence-electron chi connectivity index (χ0n) is 9.73. The SMILES string of the molecule is C#CC(=C)C.CC(=O)C=Cc1ccccc1. The molecule has 0 fully saturated rings. The second-order valence-electron chi connectivity index (χ2n) is 3.28. The number of rotatable bonds is 2. The second kappa shape index (κ2) is 8.26. The summed E-state index contributed by atoms with van der Waals surface area (Å²) in [7, 11) is 0. The van der Waals surface area contributed by atoms with Crippen molar-refractivity contribution in [3.63, 3.8) is 0 Å². The largest absolute Gasteiger partial charge is 0.295 e. The molecule has 0 saturated carbocycles. The van der Waals surface area contributed by atoms with E-state index in [0.717, 1.165) is 11.1 Å². The Bertz CT molecular complexity index is 405. The van der Waals surface area contributed by atoms with E-state index in [4.69, 9.17) is 6.42 Å². The van der Waals surface area contributed by atoms with Gasteiger partial charge in [-0.15, -0.1) is 6.42 Å². The summed E-state index contributed by atoms with van der Waals surface area (Å²) >= 11 is 0. The van der Waals surface area contributed by atoms with Gasteiger partial charge in [-0.1, -0.05) is 48.9 Å². The summed E-state index contributed by atoms with van der Waals surface area (Å²) in [5.74, 6) is 2.41. The number of hydrogen-bond donors (Lipinski definition) is 0. The Kier molecular flexibility index (Phi) is 7.19. The molecular formula is C15H16O. The van der Waals surface area contributed by atoms with Gasteiger partial charge in [0.2, 0.25) is 0 Å². The minimum Gasteiger partial charge on any atom is -0.295 e. The van der Waals surface area contributed by atoms with Crippen molar-refractivity contribution in [1.29, 1.82) is 0 Å². The minimum atomic E-state index is 0.0776. The Morgan fingerprint density at radius 1 is 1.31 bits per heavy atom. The summed E-state index contributed by atoms with van der Waals surface area (Å²) < 4.78 is 0. The van der Waals surface area contributed by atoms with Crippen molar-refractivity contribution < 1.29 is 4.79 Å². The molecule has 0 aliphatic heterocycles. The van der Waals surface area contributed by atoms with E-state index >= 15 is 0 Å². The topological polar surface area (TPSA) is 17.1 Å². The molecule has 16 heavy (non-hydrogen) atoms. The van der Waals surface area contributed by atoms with Crippen LogP contribution < -0.4 is 0 Å². The molecule has 0 bridgehead atoms. The molecule has 0 aromatic heterocycles. The van der Waals surface area contributed by atoms with E-state index in [1.165, 1.54) is 0 Å². The Morgan fingerprint density at radius 3 is 2.19 bits per heavy atom. The molecule has 1 heteroatoms. The van der Waals surface area contributed by atoms with Gasteiger partial charge in [0.15, 0.2) is 5.78 Å². The number of benzene rings is 1.